The second-order valence-corrected chi connectivity index (χ2v) is 7.39. The van der Waals surface area contributed by atoms with E-state index < -0.39 is 28.9 Å². The first-order chi connectivity index (χ1) is 16.2. The van der Waals surface area contributed by atoms with Crippen LogP contribution in [-0.4, -0.2) is 27.8 Å². The Kier molecular flexibility index (Phi) is 6.22. The molecule has 0 aliphatic rings. The third-order valence-electron chi connectivity index (χ3n) is 5.02. The van der Waals surface area contributed by atoms with Gasteiger partial charge in [-0.15, -0.1) is 0 Å². The maximum absolute atomic E-state index is 13.1. The van der Waals surface area contributed by atoms with E-state index in [0.29, 0.717) is 30.1 Å². The number of anilines is 1. The minimum atomic E-state index is -4.68. The summed E-state index contributed by atoms with van der Waals surface area (Å²) in [4.78, 5) is 27.2. The highest BCUT2D eigenvalue weighted by Gasteiger charge is 2.31. The molecule has 0 atom stereocenters. The molecule has 2 heterocycles. The zero-order valence-corrected chi connectivity index (χ0v) is 17.9. The van der Waals surface area contributed by atoms with E-state index in [-0.39, 0.29) is 11.3 Å². The van der Waals surface area contributed by atoms with E-state index >= 15 is 0 Å². The molecule has 0 radical (unpaired) electrons. The van der Waals surface area contributed by atoms with E-state index in [9.17, 15) is 22.8 Å². The summed E-state index contributed by atoms with van der Waals surface area (Å²) in [5, 5.41) is 6.82. The molecule has 174 valence electrons. The van der Waals surface area contributed by atoms with Crippen LogP contribution in [0.5, 0.6) is 5.75 Å². The SMILES string of the molecule is COc1cccc(-c2nn(Cc3ccccc3)cc2C(=O)Nc2cc(C(F)(F)F)c[nH]c2=O)c1. The summed E-state index contributed by atoms with van der Waals surface area (Å²) < 4.78 is 46.0. The summed E-state index contributed by atoms with van der Waals surface area (Å²) in [7, 11) is 1.50. The number of hydrogen-bond donors (Lipinski definition) is 2. The van der Waals surface area contributed by atoms with Crippen LogP contribution in [-0.2, 0) is 12.7 Å². The summed E-state index contributed by atoms with van der Waals surface area (Å²) >= 11 is 0. The van der Waals surface area contributed by atoms with Gasteiger partial charge < -0.3 is 15.0 Å². The smallest absolute Gasteiger partial charge is 0.417 e. The summed E-state index contributed by atoms with van der Waals surface area (Å²) in [5.41, 5.74) is -0.599. The molecular weight excluding hydrogens is 449 g/mol. The molecule has 0 aliphatic carbocycles. The molecule has 7 nitrogen and oxygen atoms in total. The van der Waals surface area contributed by atoms with E-state index in [1.165, 1.54) is 13.3 Å². The number of ether oxygens (including phenoxy) is 1. The minimum Gasteiger partial charge on any atom is -0.497 e. The van der Waals surface area contributed by atoms with Crippen molar-refractivity contribution >= 4 is 11.6 Å². The van der Waals surface area contributed by atoms with Crippen LogP contribution < -0.4 is 15.6 Å². The number of H-pyrrole nitrogens is 1. The number of alkyl halides is 3. The Morgan fingerprint density at radius 3 is 2.59 bits per heavy atom. The first-order valence-electron chi connectivity index (χ1n) is 10.1. The Balaban J connectivity index is 1.73. The van der Waals surface area contributed by atoms with E-state index in [0.717, 1.165) is 5.56 Å². The van der Waals surface area contributed by atoms with Gasteiger partial charge in [0.25, 0.3) is 11.5 Å². The van der Waals surface area contributed by atoms with Gasteiger partial charge in [0.1, 0.15) is 17.1 Å². The van der Waals surface area contributed by atoms with Crippen molar-refractivity contribution in [3.63, 3.8) is 0 Å². The van der Waals surface area contributed by atoms with Gasteiger partial charge in [0, 0.05) is 18.0 Å². The lowest BCUT2D eigenvalue weighted by atomic mass is 10.1. The highest BCUT2D eigenvalue weighted by molar-refractivity contribution is 6.08. The lowest BCUT2D eigenvalue weighted by molar-refractivity contribution is -0.137. The average molecular weight is 468 g/mol. The van der Waals surface area contributed by atoms with E-state index in [1.54, 1.807) is 28.9 Å². The number of halogens is 3. The first-order valence-corrected chi connectivity index (χ1v) is 10.1. The highest BCUT2D eigenvalue weighted by atomic mass is 19.4. The number of amides is 1. The average Bonchev–Trinajstić information content (AvgIpc) is 3.24. The molecule has 0 bridgehead atoms. The molecule has 2 aromatic carbocycles. The highest BCUT2D eigenvalue weighted by Crippen LogP contribution is 2.30. The fourth-order valence-corrected chi connectivity index (χ4v) is 3.35. The van der Waals surface area contributed by atoms with Crippen LogP contribution >= 0.6 is 0 Å². The fraction of sp³-hybridized carbons (Fsp3) is 0.125. The summed E-state index contributed by atoms with van der Waals surface area (Å²) in [6.45, 7) is 0.356. The van der Waals surface area contributed by atoms with Crippen molar-refractivity contribution in [2.24, 2.45) is 0 Å². The lowest BCUT2D eigenvalue weighted by Crippen LogP contribution is -2.21. The molecule has 10 heteroatoms. The van der Waals surface area contributed by atoms with Crippen molar-refractivity contribution in [1.29, 1.82) is 0 Å². The predicted octanol–water partition coefficient (Wildman–Crippen LogP) is 4.57. The number of aromatic amines is 1. The first kappa shape index (κ1) is 22.8. The van der Waals surface area contributed by atoms with Crippen LogP contribution in [0.4, 0.5) is 18.9 Å². The fourth-order valence-electron chi connectivity index (χ4n) is 3.35. The van der Waals surface area contributed by atoms with Gasteiger partial charge in [-0.05, 0) is 23.8 Å². The Labute approximate surface area is 191 Å². The molecule has 4 aromatic rings. The van der Waals surface area contributed by atoms with Gasteiger partial charge in [-0.25, -0.2) is 0 Å². The number of carbonyl (C=O) groups excluding carboxylic acids is 1. The Hall–Kier alpha value is -4.34. The number of pyridine rings is 1. The Morgan fingerprint density at radius 1 is 1.12 bits per heavy atom. The van der Waals surface area contributed by atoms with Gasteiger partial charge in [0.2, 0.25) is 0 Å². The van der Waals surface area contributed by atoms with E-state index in [2.05, 4.69) is 10.4 Å². The van der Waals surface area contributed by atoms with Gasteiger partial charge in [-0.3, -0.25) is 14.3 Å². The molecule has 0 saturated heterocycles. The number of methoxy groups -OCH3 is 1. The lowest BCUT2D eigenvalue weighted by Gasteiger charge is -2.09. The standard InChI is InChI=1S/C24H19F3N4O3/c1-34-18-9-5-8-16(10-18)21-19(14-31(30-21)13-15-6-3-2-4-7-15)22(32)29-20-11-17(24(25,26)27)12-28-23(20)33/h2-12,14H,13H2,1H3,(H,28,33)(H,29,32). The third-order valence-corrected chi connectivity index (χ3v) is 5.02. The number of rotatable bonds is 6. The maximum Gasteiger partial charge on any atom is 0.417 e. The number of nitrogens with one attached hydrogen (secondary N) is 2. The van der Waals surface area contributed by atoms with Gasteiger partial charge in [-0.2, -0.15) is 18.3 Å². The van der Waals surface area contributed by atoms with Crippen LogP contribution in [0.15, 0.2) is 77.9 Å². The summed E-state index contributed by atoms with van der Waals surface area (Å²) in [5.74, 6) is -0.238. The van der Waals surface area contributed by atoms with Crippen molar-refractivity contribution in [3.8, 4) is 17.0 Å². The van der Waals surface area contributed by atoms with Crippen LogP contribution in [0.25, 0.3) is 11.3 Å². The molecule has 2 N–H and O–H groups in total. The van der Waals surface area contributed by atoms with Crippen molar-refractivity contribution in [3.05, 3.63) is 100 Å². The molecule has 34 heavy (non-hydrogen) atoms. The van der Waals surface area contributed by atoms with Crippen molar-refractivity contribution in [1.82, 2.24) is 14.8 Å². The monoisotopic (exact) mass is 468 g/mol. The van der Waals surface area contributed by atoms with Gasteiger partial charge in [0.05, 0.1) is 24.8 Å². The van der Waals surface area contributed by atoms with Gasteiger partial charge in [-0.1, -0.05) is 42.5 Å². The van der Waals surface area contributed by atoms with Crippen molar-refractivity contribution in [2.75, 3.05) is 12.4 Å². The molecule has 0 unspecified atom stereocenters. The molecule has 1 amide bonds. The Morgan fingerprint density at radius 2 is 1.88 bits per heavy atom. The summed E-state index contributed by atoms with van der Waals surface area (Å²) in [6, 6.07) is 16.9. The van der Waals surface area contributed by atoms with Crippen LogP contribution in [0.1, 0.15) is 21.5 Å². The number of nitrogens with zero attached hydrogens (tertiary/aromatic N) is 2. The number of carbonyl (C=O) groups is 1. The molecule has 0 spiro atoms. The predicted molar refractivity (Wildman–Crippen MR) is 120 cm³/mol. The zero-order valence-electron chi connectivity index (χ0n) is 17.9. The van der Waals surface area contributed by atoms with E-state index in [1.807, 2.05) is 35.3 Å². The number of benzene rings is 2. The Bertz CT molecular complexity index is 1380. The molecule has 0 saturated carbocycles. The number of aromatic nitrogens is 3. The van der Waals surface area contributed by atoms with Crippen LogP contribution in [0.2, 0.25) is 0 Å². The van der Waals surface area contributed by atoms with Gasteiger partial charge in [0.15, 0.2) is 0 Å². The maximum atomic E-state index is 13.1. The van der Waals surface area contributed by atoms with Crippen LogP contribution in [0.3, 0.4) is 0 Å². The largest absolute Gasteiger partial charge is 0.497 e. The molecule has 0 fully saturated rings. The zero-order chi connectivity index (χ0) is 24.3. The number of hydrogen-bond acceptors (Lipinski definition) is 4. The normalized spacial score (nSPS) is 11.3. The van der Waals surface area contributed by atoms with Crippen LogP contribution in [0, 0.1) is 0 Å². The minimum absolute atomic E-state index is 0.0843. The molecular formula is C24H19F3N4O3. The quantitative estimate of drug-likeness (QED) is 0.434. The third kappa shape index (κ3) is 5.01. The van der Waals surface area contributed by atoms with Gasteiger partial charge >= 0.3 is 6.18 Å². The second-order valence-electron chi connectivity index (χ2n) is 7.39. The topological polar surface area (TPSA) is 89.0 Å². The molecule has 4 rings (SSSR count). The van der Waals surface area contributed by atoms with E-state index in [4.69, 9.17) is 4.74 Å². The summed E-state index contributed by atoms with van der Waals surface area (Å²) in [6.07, 6.45) is -2.65. The van der Waals surface area contributed by atoms with Crippen molar-refractivity contribution < 1.29 is 22.7 Å². The second kappa shape index (κ2) is 9.26. The molecule has 0 aliphatic heterocycles. The van der Waals surface area contributed by atoms with Crippen molar-refractivity contribution in [2.45, 2.75) is 12.7 Å². The molecule has 2 aromatic heterocycles.